The monoisotopic (exact) mass is 225 g/mol. The third-order valence-corrected chi connectivity index (χ3v) is 2.78. The van der Waals surface area contributed by atoms with Crippen molar-refractivity contribution in [3.05, 3.63) is 29.7 Å². The van der Waals surface area contributed by atoms with Gasteiger partial charge in [-0.2, -0.15) is 0 Å². The summed E-state index contributed by atoms with van der Waals surface area (Å²) in [4.78, 5) is 2.04. The Labute approximate surface area is 105 Å². The van der Waals surface area contributed by atoms with Crippen LogP contribution >= 0.6 is 0 Å². The minimum absolute atomic E-state index is 0.0759. The zero-order valence-corrected chi connectivity index (χ0v) is 10.5. The molecule has 0 aromatic heterocycles. The summed E-state index contributed by atoms with van der Waals surface area (Å²) in [7, 11) is 3.93. The number of aromatic hydroxyl groups is 1. The Balaban J connectivity index is 3.36. The van der Waals surface area contributed by atoms with E-state index in [1.54, 1.807) is 0 Å². The molecule has 0 aliphatic heterocycles. The molecule has 0 aliphatic rings. The Morgan fingerprint density at radius 1 is 1.44 bits per heavy atom. The van der Waals surface area contributed by atoms with E-state index in [1.165, 1.54) is 0 Å². The Hall–Kier alpha value is -1.02. The van der Waals surface area contributed by atoms with Crippen LogP contribution in [0.5, 0.6) is 5.75 Å². The van der Waals surface area contributed by atoms with Crippen LogP contribution in [-0.4, -0.2) is 30.6 Å². The number of hydrogen-bond acceptors (Lipinski definition) is 2. The summed E-state index contributed by atoms with van der Waals surface area (Å²) in [5.41, 5.74) is 0.389. The Bertz CT molecular complexity index is 462. The molecule has 0 saturated heterocycles. The summed E-state index contributed by atoms with van der Waals surface area (Å²) in [6, 6.07) is -1.01. The van der Waals surface area contributed by atoms with Crippen molar-refractivity contribution in [2.75, 3.05) is 20.6 Å². The third-order valence-electron chi connectivity index (χ3n) is 2.78. The second kappa shape index (κ2) is 5.90. The highest BCUT2D eigenvalue weighted by molar-refractivity contribution is 5.30. The fourth-order valence-electron chi connectivity index (χ4n) is 2.13. The van der Waals surface area contributed by atoms with E-state index in [1.807, 2.05) is 32.8 Å². The number of nitrogens with zero attached hydrogens (tertiary/aromatic N) is 1. The molecule has 0 spiro atoms. The Kier molecular flexibility index (Phi) is 3.00. The highest BCUT2D eigenvalue weighted by Gasteiger charge is 2.18. The molecular weight excluding hydrogens is 198 g/mol. The SMILES string of the molecule is [2H]c1c([2H])c(O)c([2H])c([C@H](CC)[C@@H](C)CN(C)C)c1[2H]. The van der Waals surface area contributed by atoms with Crippen LogP contribution in [0.2, 0.25) is 0 Å². The van der Waals surface area contributed by atoms with Crippen LogP contribution in [0.4, 0.5) is 0 Å². The van der Waals surface area contributed by atoms with Gasteiger partial charge in [-0.05, 0) is 50.0 Å². The topological polar surface area (TPSA) is 23.5 Å². The van der Waals surface area contributed by atoms with Crippen molar-refractivity contribution in [1.29, 1.82) is 0 Å². The largest absolute Gasteiger partial charge is 0.508 e. The van der Waals surface area contributed by atoms with Crippen molar-refractivity contribution in [2.24, 2.45) is 5.92 Å². The molecule has 1 rings (SSSR count). The Morgan fingerprint density at radius 2 is 2.12 bits per heavy atom. The molecule has 0 radical (unpaired) electrons. The van der Waals surface area contributed by atoms with Crippen molar-refractivity contribution >= 4 is 0 Å². The average Bonchev–Trinajstić information content (AvgIpc) is 2.38. The van der Waals surface area contributed by atoms with Gasteiger partial charge in [0.1, 0.15) is 5.75 Å². The maximum Gasteiger partial charge on any atom is 0.115 e. The molecule has 0 saturated carbocycles. The van der Waals surface area contributed by atoms with E-state index in [2.05, 4.69) is 0 Å². The lowest BCUT2D eigenvalue weighted by Crippen LogP contribution is -2.24. The first-order valence-corrected chi connectivity index (χ1v) is 5.66. The number of hydrogen-bond donors (Lipinski definition) is 1. The predicted octanol–water partition coefficient (Wildman–Crippen LogP) is 3.08. The maximum absolute atomic E-state index is 9.81. The standard InChI is InChI=1S/C14H23NO/c1-5-14(11(2)10-15(3)4)12-7-6-8-13(16)9-12/h6-9,11,14,16H,5,10H2,1-4H3/t11-,14+/m0/s1/i6D,7D,8D,9D. The number of rotatable bonds is 5. The van der Waals surface area contributed by atoms with Crippen LogP contribution in [0.1, 0.15) is 37.2 Å². The first kappa shape index (κ1) is 8.13. The van der Waals surface area contributed by atoms with Crippen molar-refractivity contribution in [3.8, 4) is 5.75 Å². The Morgan fingerprint density at radius 3 is 2.69 bits per heavy atom. The highest BCUT2D eigenvalue weighted by atomic mass is 16.3. The lowest BCUT2D eigenvalue weighted by Gasteiger charge is -2.26. The number of phenols is 1. The van der Waals surface area contributed by atoms with Gasteiger partial charge in [0.2, 0.25) is 0 Å². The average molecular weight is 225 g/mol. The molecule has 0 bridgehead atoms. The second-order valence-corrected chi connectivity index (χ2v) is 4.52. The van der Waals surface area contributed by atoms with E-state index in [0.717, 1.165) is 13.0 Å². The molecular formula is C14H23NO. The first-order chi connectivity index (χ1) is 9.22. The fraction of sp³-hybridized carbons (Fsp3) is 0.571. The molecule has 1 N–H and O–H groups in total. The number of phenolic OH excluding ortho intramolecular Hbond substituents is 1. The highest BCUT2D eigenvalue weighted by Crippen LogP contribution is 2.30. The summed E-state index contributed by atoms with van der Waals surface area (Å²) in [6.07, 6.45) is 0.725. The second-order valence-electron chi connectivity index (χ2n) is 4.52. The van der Waals surface area contributed by atoms with E-state index in [0.29, 0.717) is 5.56 Å². The van der Waals surface area contributed by atoms with Crippen molar-refractivity contribution in [2.45, 2.75) is 26.2 Å². The molecule has 0 heterocycles. The van der Waals surface area contributed by atoms with E-state index in [4.69, 9.17) is 5.48 Å². The summed E-state index contributed by atoms with van der Waals surface area (Å²) in [5.74, 6) is -0.372. The van der Waals surface area contributed by atoms with Gasteiger partial charge in [0, 0.05) is 6.54 Å². The zero-order chi connectivity index (χ0) is 15.6. The van der Waals surface area contributed by atoms with Gasteiger partial charge in [-0.1, -0.05) is 25.9 Å². The fourth-order valence-corrected chi connectivity index (χ4v) is 2.13. The van der Waals surface area contributed by atoms with Gasteiger partial charge < -0.3 is 10.0 Å². The van der Waals surface area contributed by atoms with Crippen LogP contribution in [0.15, 0.2) is 24.2 Å². The molecule has 1 aromatic carbocycles. The van der Waals surface area contributed by atoms with Crippen LogP contribution in [0.3, 0.4) is 0 Å². The number of benzene rings is 1. The quantitative estimate of drug-likeness (QED) is 0.832. The molecule has 0 amide bonds. The zero-order valence-electron chi connectivity index (χ0n) is 14.5. The van der Waals surface area contributed by atoms with Gasteiger partial charge in [-0.3, -0.25) is 0 Å². The van der Waals surface area contributed by atoms with E-state index >= 15 is 0 Å². The van der Waals surface area contributed by atoms with Gasteiger partial charge in [0.25, 0.3) is 0 Å². The summed E-state index contributed by atoms with van der Waals surface area (Å²) >= 11 is 0. The van der Waals surface area contributed by atoms with Crippen molar-refractivity contribution < 1.29 is 10.6 Å². The van der Waals surface area contributed by atoms with Crippen LogP contribution in [-0.2, 0) is 0 Å². The van der Waals surface area contributed by atoms with Crippen LogP contribution < -0.4 is 0 Å². The minimum Gasteiger partial charge on any atom is -0.508 e. The van der Waals surface area contributed by atoms with Gasteiger partial charge in [0.05, 0.1) is 5.48 Å². The first-order valence-electron chi connectivity index (χ1n) is 7.66. The molecule has 16 heavy (non-hydrogen) atoms. The van der Waals surface area contributed by atoms with Gasteiger partial charge in [0.15, 0.2) is 0 Å². The molecule has 1 aromatic rings. The van der Waals surface area contributed by atoms with E-state index in [-0.39, 0.29) is 30.0 Å². The molecule has 0 unspecified atom stereocenters. The predicted molar refractivity (Wildman–Crippen MR) is 68.9 cm³/mol. The molecule has 0 aliphatic carbocycles. The van der Waals surface area contributed by atoms with E-state index < -0.39 is 11.8 Å². The normalized spacial score (nSPS) is 18.6. The molecule has 2 heteroatoms. The van der Waals surface area contributed by atoms with Gasteiger partial charge >= 0.3 is 0 Å². The van der Waals surface area contributed by atoms with Gasteiger partial charge in [-0.15, -0.1) is 0 Å². The van der Waals surface area contributed by atoms with Crippen molar-refractivity contribution in [3.63, 3.8) is 0 Å². The van der Waals surface area contributed by atoms with E-state index in [9.17, 15) is 5.11 Å². The summed E-state index contributed by atoms with van der Waals surface area (Å²) in [6.45, 7) is 4.82. The van der Waals surface area contributed by atoms with Gasteiger partial charge in [-0.25, -0.2) is 0 Å². The smallest absolute Gasteiger partial charge is 0.115 e. The van der Waals surface area contributed by atoms with Crippen LogP contribution in [0, 0.1) is 5.92 Å². The lowest BCUT2D eigenvalue weighted by atomic mass is 9.85. The lowest BCUT2D eigenvalue weighted by molar-refractivity contribution is 0.301. The third kappa shape index (κ3) is 3.53. The maximum atomic E-state index is 9.81. The minimum atomic E-state index is -0.489. The summed E-state index contributed by atoms with van der Waals surface area (Å²) < 4.78 is 31.3. The molecule has 0 fully saturated rings. The molecule has 2 atom stereocenters. The van der Waals surface area contributed by atoms with Crippen molar-refractivity contribution in [1.82, 2.24) is 4.90 Å². The van der Waals surface area contributed by atoms with Crippen LogP contribution in [0.25, 0.3) is 0 Å². The molecule has 2 nitrogen and oxygen atoms in total. The summed E-state index contributed by atoms with van der Waals surface area (Å²) in [5, 5.41) is 9.81. The molecule has 90 valence electrons.